The van der Waals surface area contributed by atoms with E-state index in [2.05, 4.69) is 29.8 Å². The van der Waals surface area contributed by atoms with Crippen LogP contribution in [0.15, 0.2) is 137 Å². The second kappa shape index (κ2) is 27.7. The third-order valence-corrected chi connectivity index (χ3v) is 9.66. The number of hydrogen-bond acceptors (Lipinski definition) is 13. The number of primary amides is 1. The zero-order valence-corrected chi connectivity index (χ0v) is 40.5. The van der Waals surface area contributed by atoms with Crippen LogP contribution in [-0.2, 0) is 15.1 Å². The number of aliphatic hydroxyl groups excluding tert-OH is 1. The standard InChI is InChI=1S/C17H15FN2O2.C16H13FN2O3.C9H8O3.C7H7FN2O.CH4.CH3.ClH.Mg/c1-17(2,22)11-5-3-10(4-6-11)15-19-14-8-7-12(18)9-13(14)16(21)20-15;1-22-16(21)10-4-2-9(3-5-10)14-18-13-7-6-11(17)8-12(13)15(20)19-14;1-12-9(11)8-4-2-7(6-10)3-5-8;8-4-1-2-6(9)5(3-4)7(10)11;;;;/h3-9,22H,1-2H3,(H,19,20,21);2-8,15,20H,1H3,(H,18,19);2-6H,1H3;1-3H,9H2,(H2,10,11);1H4;1H3;1H;/q;;;;;-1;;+2/p-1. The van der Waals surface area contributed by atoms with Crippen LogP contribution in [0, 0.1) is 24.9 Å². The van der Waals surface area contributed by atoms with Gasteiger partial charge in [0, 0.05) is 33.6 Å². The first-order valence-electron chi connectivity index (χ1n) is 19.8. The number of methoxy groups -OCH3 is 2. The van der Waals surface area contributed by atoms with Gasteiger partial charge in [0.1, 0.15) is 35.4 Å². The summed E-state index contributed by atoms with van der Waals surface area (Å²) in [7, 11) is 2.63. The fourth-order valence-electron chi connectivity index (χ4n) is 6.08. The minimum absolute atomic E-state index is 0. The van der Waals surface area contributed by atoms with Crippen molar-refractivity contribution < 1.29 is 64.4 Å². The number of H-pyrrole nitrogens is 1. The molecule has 8 rings (SSSR count). The number of hydrogen-bond donors (Lipinski definition) is 6. The van der Waals surface area contributed by atoms with E-state index in [0.29, 0.717) is 50.7 Å². The van der Waals surface area contributed by atoms with Crippen molar-refractivity contribution in [3.8, 4) is 11.4 Å². The van der Waals surface area contributed by atoms with Gasteiger partial charge in [-0.25, -0.2) is 32.7 Å². The number of benzene rings is 6. The fraction of sp³-hybridized carbons (Fsp3) is 0.137. The number of nitrogens with one attached hydrogen (secondary N) is 2. The van der Waals surface area contributed by atoms with E-state index < -0.39 is 47.1 Å². The fourth-order valence-corrected chi connectivity index (χ4v) is 6.08. The minimum Gasteiger partial charge on any atom is -1.00 e. The number of carbonyl (C=O) groups excluding carboxylic acids is 4. The monoisotopic (exact) mass is 1010 g/mol. The second-order valence-corrected chi connectivity index (χ2v) is 14.8. The Balaban J connectivity index is 0.000000485. The van der Waals surface area contributed by atoms with Gasteiger partial charge in [-0.05, 0) is 98.3 Å². The average Bonchev–Trinajstić information content (AvgIpc) is 3.32. The van der Waals surface area contributed by atoms with Crippen molar-refractivity contribution in [3.63, 3.8) is 0 Å². The number of aromatic nitrogens is 2. The van der Waals surface area contributed by atoms with Crippen LogP contribution in [0.1, 0.15) is 85.6 Å². The molecule has 0 fully saturated rings. The molecule has 368 valence electrons. The molecule has 0 saturated heterocycles. The predicted molar refractivity (Wildman–Crippen MR) is 264 cm³/mol. The molecule has 1 aromatic heterocycles. The Morgan fingerprint density at radius 2 is 1.27 bits per heavy atom. The van der Waals surface area contributed by atoms with Gasteiger partial charge < -0.3 is 61.3 Å². The number of aliphatic imine (C=N–C) groups is 1. The summed E-state index contributed by atoms with van der Waals surface area (Å²) in [6.45, 7) is 3.40. The molecule has 2 heterocycles. The quantitative estimate of drug-likeness (QED) is 0.0409. The van der Waals surface area contributed by atoms with Gasteiger partial charge in [-0.3, -0.25) is 14.4 Å². The van der Waals surface area contributed by atoms with Gasteiger partial charge in [-0.15, -0.1) is 0 Å². The summed E-state index contributed by atoms with van der Waals surface area (Å²) in [4.78, 5) is 66.3. The van der Waals surface area contributed by atoms with E-state index >= 15 is 0 Å². The Labute approximate surface area is 429 Å². The van der Waals surface area contributed by atoms with Crippen molar-refractivity contribution >= 4 is 75.3 Å². The largest absolute Gasteiger partial charge is 2.00 e. The Hall–Kier alpha value is -7.42. The summed E-state index contributed by atoms with van der Waals surface area (Å²) in [5.74, 6) is -2.11. The Morgan fingerprint density at radius 1 is 0.761 bits per heavy atom. The Morgan fingerprint density at radius 3 is 1.79 bits per heavy atom. The van der Waals surface area contributed by atoms with E-state index in [4.69, 9.17) is 11.5 Å². The third-order valence-electron chi connectivity index (χ3n) is 9.66. The van der Waals surface area contributed by atoms with Gasteiger partial charge in [0.2, 0.25) is 0 Å². The maximum Gasteiger partial charge on any atom is 2.00 e. The van der Waals surface area contributed by atoms with Crippen LogP contribution in [0.2, 0.25) is 0 Å². The number of amides is 1. The van der Waals surface area contributed by atoms with Gasteiger partial charge in [0.05, 0.1) is 47.4 Å². The number of aldehydes is 1. The topological polar surface area (TPSA) is 249 Å². The second-order valence-electron chi connectivity index (χ2n) is 14.8. The van der Waals surface area contributed by atoms with Crippen molar-refractivity contribution in [3.05, 3.63) is 202 Å². The van der Waals surface area contributed by atoms with Crippen LogP contribution < -0.4 is 34.8 Å². The molecular weight excluding hydrogens is 957 g/mol. The molecule has 0 radical (unpaired) electrons. The molecule has 20 heteroatoms. The van der Waals surface area contributed by atoms with Gasteiger partial charge in [-0.1, -0.05) is 56.0 Å². The number of esters is 2. The summed E-state index contributed by atoms with van der Waals surface area (Å²) in [5.41, 5.74) is 14.1. The number of ether oxygens (including phenoxy) is 2. The van der Waals surface area contributed by atoms with Crippen LogP contribution in [0.4, 0.5) is 24.5 Å². The van der Waals surface area contributed by atoms with Crippen molar-refractivity contribution in [1.29, 1.82) is 0 Å². The van der Waals surface area contributed by atoms with Crippen LogP contribution in [0.25, 0.3) is 22.3 Å². The number of amidine groups is 1. The molecule has 0 bridgehead atoms. The van der Waals surface area contributed by atoms with Gasteiger partial charge >= 0.3 is 35.0 Å². The molecule has 6 aromatic carbocycles. The van der Waals surface area contributed by atoms with E-state index in [9.17, 15) is 47.4 Å². The molecule has 71 heavy (non-hydrogen) atoms. The molecule has 15 nitrogen and oxygen atoms in total. The Bertz CT molecular complexity index is 3030. The van der Waals surface area contributed by atoms with Crippen molar-refractivity contribution in [1.82, 2.24) is 9.97 Å². The van der Waals surface area contributed by atoms with Gasteiger partial charge in [-0.2, -0.15) is 0 Å². The number of anilines is 2. The number of nitrogen functional groups attached to an aromatic ring is 1. The van der Waals surface area contributed by atoms with Gasteiger partial charge in [0.15, 0.2) is 6.23 Å². The number of aliphatic hydroxyl groups is 2. The Kier molecular flexibility index (Phi) is 24.0. The summed E-state index contributed by atoms with van der Waals surface area (Å²) in [5, 5.41) is 23.2. The van der Waals surface area contributed by atoms with E-state index in [1.165, 1.54) is 56.7 Å². The van der Waals surface area contributed by atoms with E-state index in [-0.39, 0.29) is 72.5 Å². The number of nitrogens with zero attached hydrogens (tertiary/aromatic N) is 2. The van der Waals surface area contributed by atoms with Crippen LogP contribution in [0.3, 0.4) is 0 Å². The van der Waals surface area contributed by atoms with E-state index in [0.717, 1.165) is 23.5 Å². The number of nitrogens with two attached hydrogens (primary N) is 2. The number of aromatic amines is 1. The predicted octanol–water partition coefficient (Wildman–Crippen LogP) is 4.93. The summed E-state index contributed by atoms with van der Waals surface area (Å²) < 4.78 is 48.0. The van der Waals surface area contributed by atoms with E-state index in [1.54, 1.807) is 92.7 Å². The average molecular weight is 1010 g/mol. The summed E-state index contributed by atoms with van der Waals surface area (Å²) in [6, 6.07) is 31.5. The zero-order valence-electron chi connectivity index (χ0n) is 38.3. The van der Waals surface area contributed by atoms with Crippen LogP contribution in [-0.4, -0.2) is 87.4 Å². The molecule has 1 unspecified atom stereocenters. The van der Waals surface area contributed by atoms with Gasteiger partial charge in [0.25, 0.3) is 11.5 Å². The molecule has 0 saturated carbocycles. The van der Waals surface area contributed by atoms with Crippen molar-refractivity contribution in [2.45, 2.75) is 33.1 Å². The number of carbonyl (C=O) groups is 4. The van der Waals surface area contributed by atoms with Crippen LogP contribution >= 0.6 is 0 Å². The third kappa shape index (κ3) is 16.6. The SMILES string of the molecule is C.CC(C)(O)c1ccc(-c2nc3ccc(F)cc3c(=O)[nH]2)cc1.COC(=O)c1ccc(C2=NC(O)c3cc(F)ccc3N2)cc1.COC(=O)c1ccc(C=O)cc1.NC(=O)c1cc(F)ccc1N.[CH3-].[Cl-].[Mg+2]. The zero-order chi connectivity index (χ0) is 49.0. The maximum absolute atomic E-state index is 13.2. The first-order valence-corrected chi connectivity index (χ1v) is 19.8. The smallest absolute Gasteiger partial charge is 1.00 e. The first kappa shape index (κ1) is 61.6. The summed E-state index contributed by atoms with van der Waals surface area (Å²) in [6.07, 6.45) is -0.414. The number of rotatable bonds is 7. The number of fused-ring (bicyclic) bond motifs is 2. The molecule has 0 spiro atoms. The molecular formula is C51H50ClF3MgN6O9. The first-order chi connectivity index (χ1) is 31.8. The van der Waals surface area contributed by atoms with E-state index in [1.807, 2.05) is 0 Å². The minimum atomic E-state index is -1.14. The van der Waals surface area contributed by atoms with Crippen LogP contribution in [0.5, 0.6) is 0 Å². The van der Waals surface area contributed by atoms with Crippen molar-refractivity contribution in [2.75, 3.05) is 25.3 Å². The molecule has 1 aliphatic heterocycles. The molecule has 1 amide bonds. The normalized spacial score (nSPS) is 11.7. The number of halogens is 4. The maximum atomic E-state index is 13.2. The van der Waals surface area contributed by atoms with Crippen molar-refractivity contribution in [2.24, 2.45) is 10.7 Å². The molecule has 1 atom stereocenters. The molecule has 1 aliphatic rings. The molecule has 8 N–H and O–H groups in total. The summed E-state index contributed by atoms with van der Waals surface area (Å²) >= 11 is 0. The molecule has 0 aliphatic carbocycles. The molecule has 7 aromatic rings.